The SMILES string of the molecule is C=CC(=O)OCCCCCCOc1ccc(OC(=O)C2CCC(COc3ccc4c(c3)nc(SC3CCC(OCCCCCC)CC3)c3cc(OCC5CCC(C=O)CC5)ccc34)CC2)cc1. The molecule has 0 atom stereocenters. The summed E-state index contributed by atoms with van der Waals surface area (Å²) < 4.78 is 35.9. The van der Waals surface area contributed by atoms with Gasteiger partial charge in [0.05, 0.1) is 44.0 Å². The lowest BCUT2D eigenvalue weighted by Crippen LogP contribution is -2.27. The van der Waals surface area contributed by atoms with E-state index in [0.29, 0.717) is 55.4 Å². The summed E-state index contributed by atoms with van der Waals surface area (Å²) in [5, 5.41) is 4.91. The van der Waals surface area contributed by atoms with E-state index in [1.54, 1.807) is 12.1 Å². The fourth-order valence-electron chi connectivity index (χ4n) is 9.73. The summed E-state index contributed by atoms with van der Waals surface area (Å²) in [6.07, 6.45) is 23.0. The molecule has 1 heterocycles. The topological polar surface area (TPSA) is 119 Å². The molecule has 0 aliphatic heterocycles. The molecule has 3 aromatic carbocycles. The van der Waals surface area contributed by atoms with Crippen LogP contribution in [0.25, 0.3) is 21.7 Å². The molecule has 0 spiro atoms. The van der Waals surface area contributed by atoms with Gasteiger partial charge in [0.15, 0.2) is 0 Å². The summed E-state index contributed by atoms with van der Waals surface area (Å²) in [6.45, 7) is 8.79. The van der Waals surface area contributed by atoms with Crippen LogP contribution in [-0.2, 0) is 23.9 Å². The lowest BCUT2D eigenvalue weighted by atomic mass is 9.82. The molecule has 67 heavy (non-hydrogen) atoms. The third kappa shape index (κ3) is 15.7. The number of fused-ring (bicyclic) bond motifs is 3. The van der Waals surface area contributed by atoms with Crippen molar-refractivity contribution in [3.05, 3.63) is 73.3 Å². The molecule has 362 valence electrons. The second-order valence-electron chi connectivity index (χ2n) is 19.0. The van der Waals surface area contributed by atoms with Gasteiger partial charge in [-0.15, -0.1) is 11.8 Å². The maximum atomic E-state index is 13.2. The van der Waals surface area contributed by atoms with E-state index in [1.165, 1.54) is 30.7 Å². The van der Waals surface area contributed by atoms with Gasteiger partial charge in [-0.05, 0) is 181 Å². The Morgan fingerprint density at radius 2 is 1.25 bits per heavy atom. The molecule has 4 aromatic rings. The molecule has 11 heteroatoms. The maximum Gasteiger partial charge on any atom is 0.330 e. The van der Waals surface area contributed by atoms with Crippen molar-refractivity contribution in [1.29, 1.82) is 0 Å². The van der Waals surface area contributed by atoms with E-state index in [9.17, 15) is 14.4 Å². The molecule has 10 nitrogen and oxygen atoms in total. The number of benzene rings is 3. The third-order valence-electron chi connectivity index (χ3n) is 13.9. The monoisotopic (exact) mass is 936 g/mol. The second kappa shape index (κ2) is 26.8. The molecular formula is C56H73NO9S. The van der Waals surface area contributed by atoms with Crippen LogP contribution < -0.4 is 18.9 Å². The van der Waals surface area contributed by atoms with E-state index in [2.05, 4.69) is 49.9 Å². The molecule has 1 aromatic heterocycles. The van der Waals surface area contributed by atoms with Crippen molar-refractivity contribution in [2.75, 3.05) is 33.0 Å². The lowest BCUT2D eigenvalue weighted by Gasteiger charge is -2.28. The summed E-state index contributed by atoms with van der Waals surface area (Å²) >= 11 is 1.90. The van der Waals surface area contributed by atoms with Crippen molar-refractivity contribution < 1.29 is 42.8 Å². The fraction of sp³-hybridized carbons (Fsp3) is 0.571. The number of pyridine rings is 1. The Morgan fingerprint density at radius 1 is 0.642 bits per heavy atom. The highest BCUT2D eigenvalue weighted by Crippen LogP contribution is 2.41. The van der Waals surface area contributed by atoms with Crippen LogP contribution in [-0.4, -0.2) is 67.6 Å². The van der Waals surface area contributed by atoms with Gasteiger partial charge in [-0.3, -0.25) is 4.79 Å². The molecule has 0 saturated heterocycles. The highest BCUT2D eigenvalue weighted by atomic mass is 32.2. The molecule has 0 bridgehead atoms. The minimum atomic E-state index is -0.383. The Balaban J connectivity index is 0.898. The third-order valence-corrected chi connectivity index (χ3v) is 15.3. The number of hydrogen-bond donors (Lipinski definition) is 0. The smallest absolute Gasteiger partial charge is 0.330 e. The average molecular weight is 936 g/mol. The molecule has 0 amide bonds. The van der Waals surface area contributed by atoms with Crippen molar-refractivity contribution >= 4 is 51.7 Å². The van der Waals surface area contributed by atoms with E-state index in [-0.39, 0.29) is 23.8 Å². The number of ether oxygens (including phenoxy) is 6. The number of carbonyl (C=O) groups is 3. The quantitative estimate of drug-likeness (QED) is 0.0149. The zero-order valence-corrected chi connectivity index (χ0v) is 40.6. The van der Waals surface area contributed by atoms with E-state index >= 15 is 0 Å². The van der Waals surface area contributed by atoms with E-state index in [4.69, 9.17) is 33.4 Å². The summed E-state index contributed by atoms with van der Waals surface area (Å²) in [6, 6.07) is 20.0. The predicted octanol–water partition coefficient (Wildman–Crippen LogP) is 13.2. The van der Waals surface area contributed by atoms with E-state index < -0.39 is 0 Å². The Kier molecular flexibility index (Phi) is 20.1. The van der Waals surface area contributed by atoms with E-state index in [1.807, 2.05) is 23.9 Å². The van der Waals surface area contributed by atoms with Crippen molar-refractivity contribution in [3.8, 4) is 23.0 Å². The Bertz CT molecular complexity index is 2170. The molecule has 0 N–H and O–H groups in total. The molecule has 3 aliphatic rings. The first-order valence-electron chi connectivity index (χ1n) is 25.5. The molecule has 3 fully saturated rings. The predicted molar refractivity (Wildman–Crippen MR) is 266 cm³/mol. The number of thioether (sulfide) groups is 1. The summed E-state index contributed by atoms with van der Waals surface area (Å²) in [7, 11) is 0. The molecule has 0 radical (unpaired) electrons. The minimum absolute atomic E-state index is 0.131. The Hall–Kier alpha value is -4.61. The van der Waals surface area contributed by atoms with Gasteiger partial charge >= 0.3 is 11.9 Å². The van der Waals surface area contributed by atoms with Gasteiger partial charge in [-0.2, -0.15) is 0 Å². The number of rotatable bonds is 26. The zero-order chi connectivity index (χ0) is 46.6. The number of nitrogens with zero attached hydrogens (tertiary/aromatic N) is 1. The van der Waals surface area contributed by atoms with Crippen LogP contribution in [0.4, 0.5) is 0 Å². The van der Waals surface area contributed by atoms with Crippen LogP contribution in [0, 0.1) is 23.7 Å². The van der Waals surface area contributed by atoms with Crippen molar-refractivity contribution in [3.63, 3.8) is 0 Å². The number of esters is 2. The lowest BCUT2D eigenvalue weighted by molar-refractivity contribution is -0.140. The first-order chi connectivity index (χ1) is 32.9. The number of unbranched alkanes of at least 4 members (excludes halogenated alkanes) is 6. The van der Waals surface area contributed by atoms with Gasteiger partial charge in [0, 0.05) is 40.7 Å². The van der Waals surface area contributed by atoms with Crippen LogP contribution in [0.3, 0.4) is 0 Å². The number of carbonyl (C=O) groups excluding carboxylic acids is 3. The summed E-state index contributed by atoms with van der Waals surface area (Å²) in [4.78, 5) is 40.9. The first kappa shape index (κ1) is 50.3. The highest BCUT2D eigenvalue weighted by molar-refractivity contribution is 8.00. The van der Waals surface area contributed by atoms with Gasteiger partial charge in [-0.1, -0.05) is 32.8 Å². The van der Waals surface area contributed by atoms with Gasteiger partial charge in [0.2, 0.25) is 0 Å². The Morgan fingerprint density at radius 3 is 1.94 bits per heavy atom. The average Bonchev–Trinajstić information content (AvgIpc) is 3.36. The number of hydrogen-bond acceptors (Lipinski definition) is 11. The van der Waals surface area contributed by atoms with Crippen molar-refractivity contribution in [1.82, 2.24) is 4.98 Å². The first-order valence-corrected chi connectivity index (χ1v) is 26.4. The second-order valence-corrected chi connectivity index (χ2v) is 20.3. The van der Waals surface area contributed by atoms with Crippen molar-refractivity contribution in [2.45, 2.75) is 152 Å². The van der Waals surface area contributed by atoms with Crippen LogP contribution in [0.2, 0.25) is 0 Å². The number of aldehydes is 1. The maximum absolute atomic E-state index is 13.2. The van der Waals surface area contributed by atoms with Crippen LogP contribution in [0.1, 0.15) is 135 Å². The van der Waals surface area contributed by atoms with Gasteiger partial charge in [-0.25, -0.2) is 9.78 Å². The molecule has 0 unspecified atom stereocenters. The molecule has 3 aliphatic carbocycles. The van der Waals surface area contributed by atoms with E-state index in [0.717, 1.165) is 161 Å². The fourth-order valence-corrected chi connectivity index (χ4v) is 11.0. The standard InChI is InChI=1S/C56H73NO9S/c1-3-5-6-9-32-62-45-24-28-49(29-25-45)67-55-52-35-47(64-38-41-14-12-40(37-58)13-15-41)26-30-50(52)51-31-27-48(36-53(51)57-55)65-39-42-16-18-43(19-17-42)56(60)66-46-22-20-44(21-23-46)61-33-10-7-8-11-34-63-54(59)4-2/h4,20-23,26-27,30-31,35-37,40-43,45,49H,2-3,5-19,24-25,28-29,32-34,38-39H2,1H3. The Labute approximate surface area is 402 Å². The molecule has 3 saturated carbocycles. The van der Waals surface area contributed by atoms with Crippen molar-refractivity contribution in [2.24, 2.45) is 23.7 Å². The molecular weight excluding hydrogens is 863 g/mol. The zero-order valence-electron chi connectivity index (χ0n) is 39.8. The molecule has 7 rings (SSSR count). The van der Waals surface area contributed by atoms with Gasteiger partial charge in [0.25, 0.3) is 0 Å². The minimum Gasteiger partial charge on any atom is -0.494 e. The van der Waals surface area contributed by atoms with Crippen LogP contribution in [0.15, 0.2) is 78.3 Å². The van der Waals surface area contributed by atoms with Crippen LogP contribution >= 0.6 is 11.8 Å². The van der Waals surface area contributed by atoms with Crippen LogP contribution in [0.5, 0.6) is 23.0 Å². The summed E-state index contributed by atoms with van der Waals surface area (Å²) in [5.74, 6) is 3.30. The largest absolute Gasteiger partial charge is 0.494 e. The van der Waals surface area contributed by atoms with Gasteiger partial charge in [0.1, 0.15) is 34.3 Å². The highest BCUT2D eigenvalue weighted by Gasteiger charge is 2.29. The normalized spacial score (nSPS) is 21.9. The number of aromatic nitrogens is 1. The van der Waals surface area contributed by atoms with Gasteiger partial charge < -0.3 is 33.2 Å². The summed E-state index contributed by atoms with van der Waals surface area (Å²) in [5.41, 5.74) is 0.931.